The maximum atomic E-state index is 6.78. The number of benzene rings is 1. The van der Waals surface area contributed by atoms with Crippen LogP contribution in [-0.4, -0.2) is 0 Å². The lowest BCUT2D eigenvalue weighted by atomic mass is 10.3. The van der Waals surface area contributed by atoms with Crippen LogP contribution < -0.4 is 11.4 Å². The highest BCUT2D eigenvalue weighted by Gasteiger charge is 2.00. The van der Waals surface area contributed by atoms with Crippen molar-refractivity contribution in [2.75, 3.05) is 5.48 Å². The van der Waals surface area contributed by atoms with E-state index in [0.717, 1.165) is 0 Å². The molecule has 0 amide bonds. The van der Waals surface area contributed by atoms with Gasteiger partial charge in [-0.15, -0.1) is 0 Å². The average Bonchev–Trinajstić information content (AvgIpc) is 2.05. The van der Waals surface area contributed by atoms with E-state index in [-0.39, 0.29) is 0 Å². The first kappa shape index (κ1) is 8.92. The van der Waals surface area contributed by atoms with Crippen molar-refractivity contribution in [3.8, 4) is 0 Å². The van der Waals surface area contributed by atoms with Gasteiger partial charge in [0.25, 0.3) is 0 Å². The lowest BCUT2D eigenvalue weighted by molar-refractivity contribution is 0.201. The van der Waals surface area contributed by atoms with Crippen LogP contribution in [0.5, 0.6) is 0 Å². The Morgan fingerprint density at radius 3 is 2.92 bits per heavy atom. The molecule has 0 heterocycles. The summed E-state index contributed by atoms with van der Waals surface area (Å²) in [4.78, 5) is 4.17. The van der Waals surface area contributed by atoms with Gasteiger partial charge < -0.3 is 0 Å². The fourth-order valence-electron chi connectivity index (χ4n) is 0.751. The number of rotatable bonds is 3. The molecule has 1 rings (SSSR count). The number of hydrogen-bond donors (Lipinski definition) is 3. The van der Waals surface area contributed by atoms with Crippen LogP contribution in [0.2, 0.25) is 5.02 Å². The SMILES string of the molecule is N=Nc1ccc(Cl)cc1NON. The van der Waals surface area contributed by atoms with E-state index in [4.69, 9.17) is 23.0 Å². The zero-order valence-corrected chi connectivity index (χ0v) is 6.80. The Labute approximate surface area is 73.9 Å². The molecule has 0 aliphatic carbocycles. The van der Waals surface area contributed by atoms with Crippen LogP contribution in [0.15, 0.2) is 23.3 Å². The van der Waals surface area contributed by atoms with E-state index >= 15 is 0 Å². The molecule has 0 unspecified atom stereocenters. The number of anilines is 1. The van der Waals surface area contributed by atoms with Gasteiger partial charge in [0.05, 0.1) is 5.69 Å². The molecule has 12 heavy (non-hydrogen) atoms. The minimum atomic E-state index is 0.407. The van der Waals surface area contributed by atoms with Gasteiger partial charge in [-0.2, -0.15) is 15.9 Å². The van der Waals surface area contributed by atoms with Gasteiger partial charge in [-0.1, -0.05) is 11.6 Å². The number of nitrogens with zero attached hydrogens (tertiary/aromatic N) is 1. The summed E-state index contributed by atoms with van der Waals surface area (Å²) >= 11 is 5.67. The molecule has 0 fully saturated rings. The molecule has 5 nitrogen and oxygen atoms in total. The molecule has 0 saturated heterocycles. The van der Waals surface area contributed by atoms with Crippen LogP contribution >= 0.6 is 11.6 Å². The van der Waals surface area contributed by atoms with Crippen molar-refractivity contribution in [2.24, 2.45) is 11.0 Å². The number of nitrogens with two attached hydrogens (primary N) is 1. The van der Waals surface area contributed by atoms with Crippen LogP contribution in [0.4, 0.5) is 11.4 Å². The van der Waals surface area contributed by atoms with E-state index in [1.54, 1.807) is 18.2 Å². The third-order valence-electron chi connectivity index (χ3n) is 1.25. The molecule has 0 bridgehead atoms. The normalized spacial score (nSPS) is 9.50. The first-order valence-corrected chi connectivity index (χ1v) is 3.44. The van der Waals surface area contributed by atoms with E-state index in [1.807, 2.05) is 0 Å². The maximum absolute atomic E-state index is 6.78. The molecular weight excluding hydrogens is 180 g/mol. The van der Waals surface area contributed by atoms with Crippen molar-refractivity contribution < 1.29 is 4.94 Å². The molecule has 0 saturated carbocycles. The third kappa shape index (κ3) is 1.91. The van der Waals surface area contributed by atoms with Crippen molar-refractivity contribution in [2.45, 2.75) is 0 Å². The van der Waals surface area contributed by atoms with E-state index in [1.165, 1.54) is 0 Å². The Morgan fingerprint density at radius 2 is 2.33 bits per heavy atom. The molecule has 0 aliphatic heterocycles. The standard InChI is InChI=1S/C6H7ClN4O/c7-4-1-2-5(10-8)6(3-4)11-12-9/h1-3,8,11H,9H2. The zero-order chi connectivity index (χ0) is 8.97. The molecule has 1 aromatic carbocycles. The minimum Gasteiger partial charge on any atom is -0.246 e. The second-order valence-electron chi connectivity index (χ2n) is 1.99. The largest absolute Gasteiger partial charge is 0.246 e. The fraction of sp³-hybridized carbons (Fsp3) is 0. The summed E-state index contributed by atoms with van der Waals surface area (Å²) in [5, 5.41) is 3.74. The van der Waals surface area contributed by atoms with Gasteiger partial charge in [0, 0.05) is 5.02 Å². The molecule has 0 aliphatic rings. The summed E-state index contributed by atoms with van der Waals surface area (Å²) in [5.41, 5.74) is 9.99. The Balaban J connectivity index is 3.03. The molecule has 4 N–H and O–H groups in total. The van der Waals surface area contributed by atoms with Crippen molar-refractivity contribution in [1.29, 1.82) is 5.53 Å². The monoisotopic (exact) mass is 186 g/mol. The van der Waals surface area contributed by atoms with Crippen LogP contribution in [0, 0.1) is 5.53 Å². The summed E-state index contributed by atoms with van der Waals surface area (Å²) < 4.78 is 0. The maximum Gasteiger partial charge on any atom is 0.111 e. The second-order valence-corrected chi connectivity index (χ2v) is 2.43. The van der Waals surface area contributed by atoms with Gasteiger partial charge in [-0.05, 0) is 18.2 Å². The van der Waals surface area contributed by atoms with Gasteiger partial charge in [-0.25, -0.2) is 11.0 Å². The Kier molecular flexibility index (Phi) is 2.98. The smallest absolute Gasteiger partial charge is 0.111 e. The van der Waals surface area contributed by atoms with Crippen LogP contribution in [0.25, 0.3) is 0 Å². The highest BCUT2D eigenvalue weighted by Crippen LogP contribution is 2.27. The predicted molar refractivity (Wildman–Crippen MR) is 45.2 cm³/mol. The summed E-state index contributed by atoms with van der Waals surface area (Å²) in [6.07, 6.45) is 0. The van der Waals surface area contributed by atoms with Crippen molar-refractivity contribution in [3.63, 3.8) is 0 Å². The van der Waals surface area contributed by atoms with Crippen LogP contribution in [0.3, 0.4) is 0 Å². The number of nitrogens with one attached hydrogen (secondary N) is 2. The molecule has 64 valence electrons. The fourth-order valence-corrected chi connectivity index (χ4v) is 0.923. The first-order chi connectivity index (χ1) is 5.77. The second kappa shape index (κ2) is 4.01. The quantitative estimate of drug-likeness (QED) is 0.500. The lowest BCUT2D eigenvalue weighted by Gasteiger charge is -2.04. The summed E-state index contributed by atoms with van der Waals surface area (Å²) in [6, 6.07) is 4.76. The topological polar surface area (TPSA) is 83.5 Å². The number of halogens is 1. The van der Waals surface area contributed by atoms with Crippen LogP contribution in [0.1, 0.15) is 0 Å². The Bertz CT molecular complexity index is 291. The van der Waals surface area contributed by atoms with E-state index in [2.05, 4.69) is 15.5 Å². The highest BCUT2D eigenvalue weighted by molar-refractivity contribution is 6.31. The van der Waals surface area contributed by atoms with Crippen molar-refractivity contribution in [1.82, 2.24) is 0 Å². The Morgan fingerprint density at radius 1 is 1.58 bits per heavy atom. The molecule has 0 aromatic heterocycles. The van der Waals surface area contributed by atoms with E-state index in [9.17, 15) is 0 Å². The number of hydrogen-bond acceptors (Lipinski definition) is 5. The Hall–Kier alpha value is -1.17. The van der Waals surface area contributed by atoms with Gasteiger partial charge in [0.15, 0.2) is 0 Å². The zero-order valence-electron chi connectivity index (χ0n) is 6.04. The van der Waals surface area contributed by atoms with Gasteiger partial charge in [-0.3, -0.25) is 0 Å². The highest BCUT2D eigenvalue weighted by atomic mass is 35.5. The van der Waals surface area contributed by atoms with Crippen LogP contribution in [-0.2, 0) is 4.94 Å². The van der Waals surface area contributed by atoms with Crippen molar-refractivity contribution >= 4 is 23.0 Å². The molecule has 1 aromatic rings. The summed E-state index contributed by atoms with van der Waals surface area (Å²) in [7, 11) is 0. The predicted octanol–water partition coefficient (Wildman–Crippen LogP) is 2.22. The van der Waals surface area contributed by atoms with E-state index < -0.39 is 0 Å². The first-order valence-electron chi connectivity index (χ1n) is 3.06. The molecule has 0 atom stereocenters. The lowest BCUT2D eigenvalue weighted by Crippen LogP contribution is -2.06. The van der Waals surface area contributed by atoms with E-state index in [0.29, 0.717) is 16.4 Å². The van der Waals surface area contributed by atoms with Gasteiger partial charge in [0.2, 0.25) is 0 Å². The van der Waals surface area contributed by atoms with Gasteiger partial charge in [0.1, 0.15) is 5.69 Å². The molecular formula is C6H7ClN4O. The molecule has 0 spiro atoms. The van der Waals surface area contributed by atoms with Crippen molar-refractivity contribution in [3.05, 3.63) is 23.2 Å². The van der Waals surface area contributed by atoms with Gasteiger partial charge >= 0.3 is 0 Å². The average molecular weight is 187 g/mol. The molecule has 6 heteroatoms. The minimum absolute atomic E-state index is 0.407. The summed E-state index contributed by atoms with van der Waals surface area (Å²) in [5.74, 6) is 4.78. The third-order valence-corrected chi connectivity index (χ3v) is 1.48. The molecule has 0 radical (unpaired) electrons. The summed E-state index contributed by atoms with van der Waals surface area (Å²) in [6.45, 7) is 0.